The summed E-state index contributed by atoms with van der Waals surface area (Å²) in [5.41, 5.74) is 5.54. The van der Waals surface area contributed by atoms with Gasteiger partial charge in [0.2, 0.25) is 5.91 Å². The Bertz CT molecular complexity index is 953. The molecule has 1 heterocycles. The van der Waals surface area contributed by atoms with Crippen LogP contribution in [-0.2, 0) is 30.4 Å². The molecule has 0 spiro atoms. The molecule has 178 valence electrons. The third-order valence-corrected chi connectivity index (χ3v) is 5.31. The molecule has 1 N–H and O–H groups in total. The number of imide groups is 1. The van der Waals surface area contributed by atoms with Crippen molar-refractivity contribution in [2.45, 2.75) is 70.0 Å². The maximum absolute atomic E-state index is 12.0. The molecule has 0 saturated carbocycles. The first-order valence-electron chi connectivity index (χ1n) is 11.0. The first kappa shape index (κ1) is 24.8. The van der Waals surface area contributed by atoms with Crippen LogP contribution in [0, 0.1) is 0 Å². The van der Waals surface area contributed by atoms with Crippen molar-refractivity contribution in [2.24, 2.45) is 5.10 Å². The fourth-order valence-electron chi connectivity index (χ4n) is 3.62. The Balaban J connectivity index is 1.48. The molecule has 1 aliphatic heterocycles. The van der Waals surface area contributed by atoms with Crippen LogP contribution in [0.2, 0.25) is 0 Å². The van der Waals surface area contributed by atoms with E-state index in [0.717, 1.165) is 36.1 Å². The summed E-state index contributed by atoms with van der Waals surface area (Å²) in [4.78, 5) is 51.7. The summed E-state index contributed by atoms with van der Waals surface area (Å²) in [7, 11) is 0. The quantitative estimate of drug-likeness (QED) is 0.246. The van der Waals surface area contributed by atoms with E-state index < -0.39 is 22.5 Å². The summed E-state index contributed by atoms with van der Waals surface area (Å²) in [6.45, 7) is 4.03. The van der Waals surface area contributed by atoms with E-state index in [9.17, 15) is 19.2 Å². The standard InChI is InChI=1S/C23H29N3O6S/c1-23(2,33)14-19(27)25-24-18-6-3-5-15-13-16(8-9-17(15)18)31-12-4-7-22(30)32-26-20(28)10-11-21(26)29/h8-9,13,33H,3-7,10-12,14H2,1-2H3,(H,25,27). The van der Waals surface area contributed by atoms with E-state index in [1.165, 1.54) is 0 Å². The molecule has 1 aliphatic carbocycles. The van der Waals surface area contributed by atoms with Crippen molar-refractivity contribution in [1.29, 1.82) is 0 Å². The zero-order valence-electron chi connectivity index (χ0n) is 18.9. The van der Waals surface area contributed by atoms with Gasteiger partial charge in [-0.05, 0) is 49.4 Å². The molecule has 0 radical (unpaired) electrons. The van der Waals surface area contributed by atoms with Crippen LogP contribution in [0.4, 0.5) is 0 Å². The third-order valence-electron chi connectivity index (χ3n) is 5.15. The van der Waals surface area contributed by atoms with Crippen LogP contribution in [0.15, 0.2) is 23.3 Å². The van der Waals surface area contributed by atoms with Crippen molar-refractivity contribution in [3.05, 3.63) is 29.3 Å². The minimum absolute atomic E-state index is 0.0294. The van der Waals surface area contributed by atoms with Crippen LogP contribution in [0.1, 0.15) is 69.9 Å². The number of fused-ring (bicyclic) bond motifs is 1. The number of carbonyl (C=O) groups excluding carboxylic acids is 4. The molecular weight excluding hydrogens is 446 g/mol. The molecule has 2 aliphatic rings. The number of amides is 3. The highest BCUT2D eigenvalue weighted by molar-refractivity contribution is 7.81. The Morgan fingerprint density at radius 1 is 1.15 bits per heavy atom. The van der Waals surface area contributed by atoms with E-state index in [0.29, 0.717) is 17.2 Å². The summed E-state index contributed by atoms with van der Waals surface area (Å²) in [5, 5.41) is 4.87. The van der Waals surface area contributed by atoms with Gasteiger partial charge in [-0.25, -0.2) is 10.2 Å². The van der Waals surface area contributed by atoms with Gasteiger partial charge in [-0.2, -0.15) is 17.7 Å². The van der Waals surface area contributed by atoms with E-state index >= 15 is 0 Å². The third kappa shape index (κ3) is 7.31. The van der Waals surface area contributed by atoms with Crippen LogP contribution >= 0.6 is 12.6 Å². The topological polar surface area (TPSA) is 114 Å². The zero-order chi connectivity index (χ0) is 24.0. The highest BCUT2D eigenvalue weighted by Crippen LogP contribution is 2.26. The fourth-order valence-corrected chi connectivity index (χ4v) is 3.76. The Labute approximate surface area is 198 Å². The second-order valence-electron chi connectivity index (χ2n) is 8.75. The second-order valence-corrected chi connectivity index (χ2v) is 9.96. The number of hydrogen-bond donors (Lipinski definition) is 2. The maximum atomic E-state index is 12.0. The highest BCUT2D eigenvalue weighted by Gasteiger charge is 2.32. The van der Waals surface area contributed by atoms with E-state index in [2.05, 4.69) is 23.2 Å². The van der Waals surface area contributed by atoms with Crippen molar-refractivity contribution in [2.75, 3.05) is 6.61 Å². The van der Waals surface area contributed by atoms with Gasteiger partial charge in [0.25, 0.3) is 11.8 Å². The van der Waals surface area contributed by atoms with Gasteiger partial charge in [-0.1, -0.05) is 13.8 Å². The summed E-state index contributed by atoms with van der Waals surface area (Å²) >= 11 is 4.37. The normalized spacial score (nSPS) is 17.2. The number of carbonyl (C=O) groups is 4. The van der Waals surface area contributed by atoms with E-state index in [1.54, 1.807) is 0 Å². The predicted octanol–water partition coefficient (Wildman–Crippen LogP) is 2.71. The number of thiol groups is 1. The molecule has 1 saturated heterocycles. The molecule has 0 atom stereocenters. The lowest BCUT2D eigenvalue weighted by atomic mass is 9.90. The van der Waals surface area contributed by atoms with Crippen LogP contribution in [0.25, 0.3) is 0 Å². The lowest BCUT2D eigenvalue weighted by Gasteiger charge is -2.20. The van der Waals surface area contributed by atoms with Gasteiger partial charge < -0.3 is 9.57 Å². The average molecular weight is 476 g/mol. The molecule has 1 fully saturated rings. The molecular formula is C23H29N3O6S. The molecule has 0 bridgehead atoms. The average Bonchev–Trinajstić information content (AvgIpc) is 3.06. The number of benzene rings is 1. The second kappa shape index (κ2) is 10.8. The van der Waals surface area contributed by atoms with Crippen molar-refractivity contribution < 1.29 is 28.8 Å². The maximum Gasteiger partial charge on any atom is 0.333 e. The highest BCUT2D eigenvalue weighted by atomic mass is 32.1. The van der Waals surface area contributed by atoms with Crippen LogP contribution in [0.3, 0.4) is 0 Å². The Hall–Kier alpha value is -2.88. The van der Waals surface area contributed by atoms with E-state index in [1.807, 2.05) is 32.0 Å². The monoisotopic (exact) mass is 475 g/mol. The number of rotatable bonds is 9. The smallest absolute Gasteiger partial charge is 0.333 e. The zero-order valence-corrected chi connectivity index (χ0v) is 19.8. The summed E-state index contributed by atoms with van der Waals surface area (Å²) in [5.74, 6) is -1.13. The minimum Gasteiger partial charge on any atom is -0.494 e. The molecule has 3 rings (SSSR count). The molecule has 3 amide bonds. The van der Waals surface area contributed by atoms with Crippen LogP contribution in [-0.4, -0.2) is 45.8 Å². The first-order valence-corrected chi connectivity index (χ1v) is 11.5. The SMILES string of the molecule is CC(C)(S)CC(=O)NN=C1CCCc2cc(OCCCC(=O)ON3C(=O)CCC3=O)ccc21. The van der Waals surface area contributed by atoms with Gasteiger partial charge in [0.1, 0.15) is 5.75 Å². The van der Waals surface area contributed by atoms with Gasteiger partial charge in [-0.3, -0.25) is 14.4 Å². The number of nitrogens with one attached hydrogen (secondary N) is 1. The lowest BCUT2D eigenvalue weighted by Crippen LogP contribution is -2.32. The number of hydrazone groups is 1. The van der Waals surface area contributed by atoms with Crippen molar-refractivity contribution in [3.63, 3.8) is 0 Å². The van der Waals surface area contributed by atoms with Crippen molar-refractivity contribution >= 4 is 42.0 Å². The van der Waals surface area contributed by atoms with Gasteiger partial charge >= 0.3 is 5.97 Å². The fraction of sp³-hybridized carbons (Fsp3) is 0.522. The molecule has 9 nitrogen and oxygen atoms in total. The Morgan fingerprint density at radius 3 is 2.58 bits per heavy atom. The minimum atomic E-state index is -0.642. The van der Waals surface area contributed by atoms with Gasteiger partial charge in [0.05, 0.1) is 18.7 Å². The van der Waals surface area contributed by atoms with Gasteiger partial charge in [-0.15, -0.1) is 5.06 Å². The molecule has 10 heteroatoms. The summed E-state index contributed by atoms with van der Waals surface area (Å²) in [6.07, 6.45) is 3.40. The largest absolute Gasteiger partial charge is 0.494 e. The molecule has 0 unspecified atom stereocenters. The molecule has 1 aromatic carbocycles. The van der Waals surface area contributed by atoms with Crippen LogP contribution in [0.5, 0.6) is 5.75 Å². The van der Waals surface area contributed by atoms with Crippen LogP contribution < -0.4 is 10.2 Å². The number of aryl methyl sites for hydroxylation is 1. The van der Waals surface area contributed by atoms with Gasteiger partial charge in [0, 0.05) is 29.6 Å². The van der Waals surface area contributed by atoms with Crippen molar-refractivity contribution in [1.82, 2.24) is 10.5 Å². The lowest BCUT2D eigenvalue weighted by molar-refractivity contribution is -0.197. The number of hydroxylamine groups is 2. The molecule has 0 aromatic heterocycles. The molecule has 1 aromatic rings. The Kier molecular flexibility index (Phi) is 8.12. The first-order chi connectivity index (χ1) is 15.6. The Morgan fingerprint density at radius 2 is 1.88 bits per heavy atom. The van der Waals surface area contributed by atoms with Crippen molar-refractivity contribution in [3.8, 4) is 5.75 Å². The predicted molar refractivity (Wildman–Crippen MR) is 124 cm³/mol. The van der Waals surface area contributed by atoms with Gasteiger partial charge in [0.15, 0.2) is 0 Å². The number of hydrogen-bond acceptors (Lipinski definition) is 8. The summed E-state index contributed by atoms with van der Waals surface area (Å²) in [6, 6.07) is 5.71. The van der Waals surface area contributed by atoms with E-state index in [4.69, 9.17) is 9.57 Å². The summed E-state index contributed by atoms with van der Waals surface area (Å²) < 4.78 is 5.35. The molecule has 33 heavy (non-hydrogen) atoms. The number of nitrogens with zero attached hydrogens (tertiary/aromatic N) is 2. The number of ether oxygens (including phenoxy) is 1. The van der Waals surface area contributed by atoms with E-state index in [-0.39, 0.29) is 38.2 Å².